The Balaban J connectivity index is 1.09. The Morgan fingerprint density at radius 1 is 1.05 bits per heavy atom. The third kappa shape index (κ3) is 5.66. The summed E-state index contributed by atoms with van der Waals surface area (Å²) in [6, 6.07) is 10.6. The van der Waals surface area contributed by atoms with Gasteiger partial charge >= 0.3 is 0 Å². The Kier molecular flexibility index (Phi) is 7.67. The zero-order chi connectivity index (χ0) is 25.1. The van der Waals surface area contributed by atoms with Crippen molar-refractivity contribution in [3.8, 4) is 11.1 Å². The van der Waals surface area contributed by atoms with E-state index in [4.69, 9.17) is 18.9 Å². The number of benzene rings is 1. The zero-order valence-electron chi connectivity index (χ0n) is 21.4. The number of hydrogen-bond acceptors (Lipinski definition) is 6. The molecular weight excluding hydrogens is 471 g/mol. The molecule has 4 atom stereocenters. The monoisotopic (exact) mass is 508 g/mol. The topological polar surface area (TPSA) is 53.1 Å². The lowest BCUT2D eigenvalue weighted by Gasteiger charge is -2.34. The first-order valence-corrected chi connectivity index (χ1v) is 13.8. The van der Waals surface area contributed by atoms with Gasteiger partial charge in [0.05, 0.1) is 44.8 Å². The number of pyridine rings is 1. The molecule has 4 aliphatic rings. The molecule has 2 aromatic rings. The minimum atomic E-state index is -0.518. The fourth-order valence-corrected chi connectivity index (χ4v) is 6.72. The highest BCUT2D eigenvalue weighted by Crippen LogP contribution is 2.55. The molecule has 2 aliphatic heterocycles. The largest absolute Gasteiger partial charge is 0.379 e. The predicted molar refractivity (Wildman–Crippen MR) is 139 cm³/mol. The number of halogens is 1. The molecule has 3 heterocycles. The van der Waals surface area contributed by atoms with Crippen LogP contribution in [0.4, 0.5) is 4.39 Å². The van der Waals surface area contributed by atoms with E-state index >= 15 is 0 Å². The van der Waals surface area contributed by atoms with Gasteiger partial charge in [-0.15, -0.1) is 0 Å². The summed E-state index contributed by atoms with van der Waals surface area (Å²) in [5.74, 6) is 0.518. The van der Waals surface area contributed by atoms with Crippen molar-refractivity contribution in [2.45, 2.75) is 37.6 Å². The van der Waals surface area contributed by atoms with Crippen molar-refractivity contribution in [1.82, 2.24) is 9.88 Å². The summed E-state index contributed by atoms with van der Waals surface area (Å²) in [7, 11) is 0. The van der Waals surface area contributed by atoms with E-state index in [1.54, 1.807) is 6.07 Å². The van der Waals surface area contributed by atoms with Crippen LogP contribution < -0.4 is 0 Å². The number of aromatic nitrogens is 1. The third-order valence-electron chi connectivity index (χ3n) is 8.57. The van der Waals surface area contributed by atoms with Gasteiger partial charge in [0.1, 0.15) is 5.82 Å². The van der Waals surface area contributed by atoms with Crippen molar-refractivity contribution in [2.24, 2.45) is 17.8 Å². The molecule has 6 nitrogen and oxygen atoms in total. The molecule has 37 heavy (non-hydrogen) atoms. The highest BCUT2D eigenvalue weighted by molar-refractivity contribution is 5.63. The highest BCUT2D eigenvalue weighted by atomic mass is 19.1. The lowest BCUT2D eigenvalue weighted by atomic mass is 9.76. The van der Waals surface area contributed by atoms with Crippen LogP contribution in [0, 0.1) is 23.6 Å². The van der Waals surface area contributed by atoms with E-state index in [1.807, 2.05) is 24.4 Å². The number of rotatable bonds is 7. The molecule has 4 fully saturated rings. The van der Waals surface area contributed by atoms with Gasteiger partial charge in [0, 0.05) is 43.7 Å². The van der Waals surface area contributed by atoms with Crippen LogP contribution >= 0.6 is 0 Å². The van der Waals surface area contributed by atoms with E-state index in [-0.39, 0.29) is 11.7 Å². The van der Waals surface area contributed by atoms with Crippen molar-refractivity contribution in [2.75, 3.05) is 52.7 Å². The summed E-state index contributed by atoms with van der Waals surface area (Å²) >= 11 is 0. The van der Waals surface area contributed by atoms with Crippen molar-refractivity contribution in [3.63, 3.8) is 0 Å². The van der Waals surface area contributed by atoms with E-state index in [1.165, 1.54) is 12.1 Å². The fraction of sp³-hybridized carbons (Fsp3) is 0.567. The molecule has 7 heteroatoms. The molecule has 0 radical (unpaired) electrons. The van der Waals surface area contributed by atoms with Crippen LogP contribution in [0.25, 0.3) is 17.2 Å². The number of ether oxygens (including phenoxy) is 4. The molecule has 0 unspecified atom stereocenters. The van der Waals surface area contributed by atoms with E-state index in [9.17, 15) is 4.39 Å². The lowest BCUT2D eigenvalue weighted by Crippen LogP contribution is -2.39. The van der Waals surface area contributed by atoms with Gasteiger partial charge in [-0.1, -0.05) is 24.3 Å². The zero-order valence-corrected chi connectivity index (χ0v) is 21.4. The molecule has 0 amide bonds. The Bertz CT molecular complexity index is 1070. The summed E-state index contributed by atoms with van der Waals surface area (Å²) < 4.78 is 38.0. The molecule has 1 aromatic heterocycles. The van der Waals surface area contributed by atoms with Crippen molar-refractivity contribution in [3.05, 3.63) is 60.2 Å². The van der Waals surface area contributed by atoms with Crippen LogP contribution in [0.1, 0.15) is 31.4 Å². The molecule has 1 spiro atoms. The van der Waals surface area contributed by atoms with Crippen molar-refractivity contribution >= 4 is 6.08 Å². The van der Waals surface area contributed by atoms with Crippen LogP contribution in [-0.2, 0) is 18.9 Å². The van der Waals surface area contributed by atoms with Gasteiger partial charge in [-0.05, 0) is 60.9 Å². The summed E-state index contributed by atoms with van der Waals surface area (Å²) in [5, 5.41) is 0. The smallest absolute Gasteiger partial charge is 0.175 e. The molecule has 198 valence electrons. The summed E-state index contributed by atoms with van der Waals surface area (Å²) in [6.45, 7) is 6.77. The van der Waals surface area contributed by atoms with E-state index in [0.29, 0.717) is 31.2 Å². The Morgan fingerprint density at radius 3 is 2.70 bits per heavy atom. The summed E-state index contributed by atoms with van der Waals surface area (Å²) in [6.07, 6.45) is 10.7. The quantitative estimate of drug-likeness (QED) is 0.536. The van der Waals surface area contributed by atoms with E-state index in [0.717, 1.165) is 82.0 Å². The summed E-state index contributed by atoms with van der Waals surface area (Å²) in [5.41, 5.74) is 2.62. The highest BCUT2D eigenvalue weighted by Gasteiger charge is 2.57. The third-order valence-corrected chi connectivity index (χ3v) is 8.57. The average Bonchev–Trinajstić information content (AvgIpc) is 3.52. The number of fused-ring (bicyclic) bond motifs is 1. The van der Waals surface area contributed by atoms with Crippen molar-refractivity contribution < 1.29 is 23.3 Å². The van der Waals surface area contributed by atoms with Crippen LogP contribution in [0.2, 0.25) is 0 Å². The second-order valence-electron chi connectivity index (χ2n) is 10.8. The van der Waals surface area contributed by atoms with Crippen LogP contribution in [0.15, 0.2) is 48.7 Å². The molecule has 2 saturated carbocycles. The van der Waals surface area contributed by atoms with Crippen molar-refractivity contribution in [1.29, 1.82) is 0 Å². The van der Waals surface area contributed by atoms with Gasteiger partial charge in [0.15, 0.2) is 5.79 Å². The molecule has 0 N–H and O–H groups in total. The Labute approximate surface area is 218 Å². The van der Waals surface area contributed by atoms with Gasteiger partial charge < -0.3 is 18.9 Å². The maximum absolute atomic E-state index is 13.6. The maximum atomic E-state index is 13.6. The van der Waals surface area contributed by atoms with Crippen LogP contribution in [0.5, 0.6) is 0 Å². The second-order valence-corrected chi connectivity index (χ2v) is 10.8. The minimum Gasteiger partial charge on any atom is -0.379 e. The van der Waals surface area contributed by atoms with Gasteiger partial charge in [-0.3, -0.25) is 9.88 Å². The Morgan fingerprint density at radius 2 is 1.92 bits per heavy atom. The first kappa shape index (κ1) is 25.1. The number of morpholine rings is 1. The molecule has 6 rings (SSSR count). The van der Waals surface area contributed by atoms with E-state index < -0.39 is 5.79 Å². The predicted octanol–water partition coefficient (Wildman–Crippen LogP) is 4.80. The van der Waals surface area contributed by atoms with Gasteiger partial charge in [-0.25, -0.2) is 4.39 Å². The van der Waals surface area contributed by atoms with E-state index in [2.05, 4.69) is 22.0 Å². The first-order valence-electron chi connectivity index (χ1n) is 13.8. The first-order chi connectivity index (χ1) is 18.2. The molecular formula is C30H37FN2O4. The van der Waals surface area contributed by atoms with Crippen LogP contribution in [-0.4, -0.2) is 74.4 Å². The standard InChI is InChI=1S/C30H37FN2O4/c31-25-3-1-2-22(18-25)23-4-5-26(32-21-23)6-9-29-28-8-7-27(35-15-12-33-10-13-34-14-11-33)19-24(28)20-30(29)36-16-17-37-30/h1-6,9,18,21,24,27-29H,7-8,10-17,19-20H2/b9-6+/t24-,27-,28-,29+/m1/s1. The molecule has 2 saturated heterocycles. The van der Waals surface area contributed by atoms with Gasteiger partial charge in [0.2, 0.25) is 0 Å². The lowest BCUT2D eigenvalue weighted by molar-refractivity contribution is -0.175. The van der Waals surface area contributed by atoms with Crippen LogP contribution in [0.3, 0.4) is 0 Å². The normalized spacial score (nSPS) is 29.8. The summed E-state index contributed by atoms with van der Waals surface area (Å²) in [4.78, 5) is 7.06. The number of hydrogen-bond donors (Lipinski definition) is 0. The van der Waals surface area contributed by atoms with Gasteiger partial charge in [-0.2, -0.15) is 0 Å². The molecule has 1 aromatic carbocycles. The average molecular weight is 509 g/mol. The Hall–Kier alpha value is -2.16. The molecule has 0 bridgehead atoms. The number of nitrogens with zero attached hydrogens (tertiary/aromatic N) is 2. The minimum absolute atomic E-state index is 0.207. The SMILES string of the molecule is Fc1cccc(-c2ccc(/C=C/[C@H]3[C@@H]4CC[C@@H](OCCN5CCOCC5)C[C@@H]4CC34OCCO4)nc2)c1. The maximum Gasteiger partial charge on any atom is 0.175 e. The fourth-order valence-electron chi connectivity index (χ4n) is 6.72. The van der Waals surface area contributed by atoms with Gasteiger partial charge in [0.25, 0.3) is 0 Å². The second kappa shape index (κ2) is 11.3. The molecule has 2 aliphatic carbocycles.